The average molecular weight is 536 g/mol. The number of benzene rings is 2. The number of hydrogen-bond acceptors (Lipinski definition) is 5. The first-order valence-electron chi connectivity index (χ1n) is 12.8. The lowest BCUT2D eigenvalue weighted by atomic mass is 9.97. The van der Waals surface area contributed by atoms with Gasteiger partial charge in [0.15, 0.2) is 0 Å². The summed E-state index contributed by atoms with van der Waals surface area (Å²) in [6, 6.07) is 17.2. The van der Waals surface area contributed by atoms with Crippen molar-refractivity contribution in [3.05, 3.63) is 82.0 Å². The zero-order chi connectivity index (χ0) is 27.9. The molecule has 1 atom stereocenters. The van der Waals surface area contributed by atoms with Gasteiger partial charge < -0.3 is 15.4 Å². The summed E-state index contributed by atoms with van der Waals surface area (Å²) in [5.74, 6) is -0.192. The highest BCUT2D eigenvalue weighted by Crippen LogP contribution is 2.32. The number of ether oxygens (including phenoxy) is 1. The van der Waals surface area contributed by atoms with Crippen LogP contribution < -0.4 is 20.3 Å². The van der Waals surface area contributed by atoms with Gasteiger partial charge in [0.1, 0.15) is 11.8 Å². The Kier molecular flexibility index (Phi) is 9.69. The minimum atomic E-state index is -0.994. The quantitative estimate of drug-likeness (QED) is 0.330. The van der Waals surface area contributed by atoms with E-state index in [1.807, 2.05) is 45.0 Å². The van der Waals surface area contributed by atoms with Gasteiger partial charge >= 0.3 is 0 Å². The van der Waals surface area contributed by atoms with Gasteiger partial charge in [-0.1, -0.05) is 51.1 Å². The van der Waals surface area contributed by atoms with Gasteiger partial charge in [0.05, 0.1) is 18.5 Å². The Morgan fingerprint density at radius 3 is 2.29 bits per heavy atom. The van der Waals surface area contributed by atoms with Crippen LogP contribution in [0.5, 0.6) is 5.75 Å². The minimum absolute atomic E-state index is 0.270. The highest BCUT2D eigenvalue weighted by molar-refractivity contribution is 7.12. The number of anilines is 1. The number of amides is 3. The molecular weight excluding hydrogens is 498 g/mol. The zero-order valence-electron chi connectivity index (χ0n) is 22.9. The molecule has 38 heavy (non-hydrogen) atoms. The van der Waals surface area contributed by atoms with E-state index in [1.165, 1.54) is 16.2 Å². The first-order chi connectivity index (χ1) is 18.1. The number of methoxy groups -OCH3 is 1. The summed E-state index contributed by atoms with van der Waals surface area (Å²) in [4.78, 5) is 42.3. The van der Waals surface area contributed by atoms with Gasteiger partial charge in [0.25, 0.3) is 5.91 Å². The van der Waals surface area contributed by atoms with E-state index in [-0.39, 0.29) is 18.4 Å². The molecule has 0 radical (unpaired) electrons. The SMILES string of the molecule is CCC(C)(C)NC(=O)[C@@H](c1cccc(OC)c1)N(C(=O)CNC(=O)c1cccs1)c1ccc(C(C)C)cc1. The van der Waals surface area contributed by atoms with Gasteiger partial charge in [0, 0.05) is 11.2 Å². The third-order valence-electron chi connectivity index (χ3n) is 6.51. The molecule has 1 heterocycles. The minimum Gasteiger partial charge on any atom is -0.497 e. The Bertz CT molecular complexity index is 1240. The number of carbonyl (C=O) groups excluding carboxylic acids is 3. The van der Waals surface area contributed by atoms with Gasteiger partial charge in [0.2, 0.25) is 11.8 Å². The molecule has 3 aromatic rings. The van der Waals surface area contributed by atoms with E-state index in [1.54, 1.807) is 48.9 Å². The van der Waals surface area contributed by atoms with Crippen molar-refractivity contribution in [2.75, 3.05) is 18.6 Å². The van der Waals surface area contributed by atoms with Crippen LogP contribution >= 0.6 is 11.3 Å². The van der Waals surface area contributed by atoms with Crippen LogP contribution in [0.4, 0.5) is 5.69 Å². The molecule has 7 nitrogen and oxygen atoms in total. The second-order valence-electron chi connectivity index (χ2n) is 10.1. The molecule has 1 aromatic heterocycles. The Morgan fingerprint density at radius 2 is 1.71 bits per heavy atom. The Labute approximate surface area is 229 Å². The maximum Gasteiger partial charge on any atom is 0.261 e. The summed E-state index contributed by atoms with van der Waals surface area (Å²) in [5, 5.41) is 7.62. The fraction of sp³-hybridized carbons (Fsp3) is 0.367. The van der Waals surface area contributed by atoms with Crippen LogP contribution in [0.25, 0.3) is 0 Å². The molecule has 0 saturated carbocycles. The number of rotatable bonds is 11. The molecule has 3 amide bonds. The number of nitrogens with one attached hydrogen (secondary N) is 2. The summed E-state index contributed by atoms with van der Waals surface area (Å²) < 4.78 is 5.42. The van der Waals surface area contributed by atoms with E-state index >= 15 is 0 Å². The van der Waals surface area contributed by atoms with Crippen LogP contribution in [-0.4, -0.2) is 36.9 Å². The maximum absolute atomic E-state index is 13.9. The van der Waals surface area contributed by atoms with Gasteiger partial charge in [-0.25, -0.2) is 0 Å². The van der Waals surface area contributed by atoms with Crippen molar-refractivity contribution < 1.29 is 19.1 Å². The summed E-state index contributed by atoms with van der Waals surface area (Å²) in [6.45, 7) is 9.80. The summed E-state index contributed by atoms with van der Waals surface area (Å²) >= 11 is 1.30. The molecular formula is C30H37N3O4S. The molecule has 0 aliphatic rings. The van der Waals surface area contributed by atoms with E-state index in [0.717, 1.165) is 5.56 Å². The smallest absolute Gasteiger partial charge is 0.261 e. The molecule has 0 saturated heterocycles. The molecule has 0 bridgehead atoms. The second kappa shape index (κ2) is 12.7. The first-order valence-corrected chi connectivity index (χ1v) is 13.6. The van der Waals surface area contributed by atoms with Crippen molar-refractivity contribution in [2.45, 2.75) is 58.5 Å². The number of hydrogen-bond donors (Lipinski definition) is 2. The molecule has 8 heteroatoms. The molecule has 3 rings (SSSR count). The summed E-state index contributed by atoms with van der Waals surface area (Å²) in [6.07, 6.45) is 0.706. The fourth-order valence-electron chi connectivity index (χ4n) is 3.91. The lowest BCUT2D eigenvalue weighted by Gasteiger charge is -2.35. The third-order valence-corrected chi connectivity index (χ3v) is 7.38. The Hall–Kier alpha value is -3.65. The third kappa shape index (κ3) is 7.22. The van der Waals surface area contributed by atoms with Crippen LogP contribution in [0.15, 0.2) is 66.0 Å². The van der Waals surface area contributed by atoms with Crippen molar-refractivity contribution in [2.24, 2.45) is 0 Å². The topological polar surface area (TPSA) is 87.7 Å². The van der Waals surface area contributed by atoms with E-state index < -0.39 is 17.5 Å². The largest absolute Gasteiger partial charge is 0.497 e. The van der Waals surface area contributed by atoms with Crippen LogP contribution in [-0.2, 0) is 9.59 Å². The number of nitrogens with zero attached hydrogens (tertiary/aromatic N) is 1. The fourth-order valence-corrected chi connectivity index (χ4v) is 4.55. The van der Waals surface area contributed by atoms with E-state index in [9.17, 15) is 14.4 Å². The lowest BCUT2D eigenvalue weighted by Crippen LogP contribution is -2.52. The van der Waals surface area contributed by atoms with Crippen molar-refractivity contribution >= 4 is 34.7 Å². The molecule has 0 spiro atoms. The van der Waals surface area contributed by atoms with Gasteiger partial charge in [-0.05, 0) is 73.0 Å². The summed E-state index contributed by atoms with van der Waals surface area (Å²) in [7, 11) is 1.56. The molecule has 0 fully saturated rings. The van der Waals surface area contributed by atoms with Gasteiger partial charge in [-0.15, -0.1) is 11.3 Å². The molecule has 2 N–H and O–H groups in total. The van der Waals surface area contributed by atoms with Crippen LogP contribution in [0.3, 0.4) is 0 Å². The maximum atomic E-state index is 13.9. The molecule has 0 aliphatic carbocycles. The Morgan fingerprint density at radius 1 is 1.00 bits per heavy atom. The second-order valence-corrected chi connectivity index (χ2v) is 11.0. The highest BCUT2D eigenvalue weighted by atomic mass is 32.1. The standard InChI is InChI=1S/C30H37N3O4S/c1-7-30(4,5)32-29(36)27(22-10-8-11-24(18-22)37-6)33(23-15-13-21(14-16-23)20(2)3)26(34)19-31-28(35)25-12-9-17-38-25/h8-18,20,27H,7,19H2,1-6H3,(H,31,35)(H,32,36)/t27-/m1/s1. The van der Waals surface area contributed by atoms with Crippen LogP contribution in [0.1, 0.15) is 73.8 Å². The summed E-state index contributed by atoms with van der Waals surface area (Å²) in [5.41, 5.74) is 1.78. The zero-order valence-corrected chi connectivity index (χ0v) is 23.7. The average Bonchev–Trinajstić information content (AvgIpc) is 3.45. The lowest BCUT2D eigenvalue weighted by molar-refractivity contribution is -0.127. The van der Waals surface area contributed by atoms with Crippen molar-refractivity contribution in [3.63, 3.8) is 0 Å². The van der Waals surface area contributed by atoms with Gasteiger partial charge in [-0.3, -0.25) is 19.3 Å². The van der Waals surface area contributed by atoms with Gasteiger partial charge in [-0.2, -0.15) is 0 Å². The van der Waals surface area contributed by atoms with E-state index in [2.05, 4.69) is 24.5 Å². The van der Waals surface area contributed by atoms with Crippen LogP contribution in [0, 0.1) is 0 Å². The molecule has 0 unspecified atom stereocenters. The number of carbonyl (C=O) groups is 3. The van der Waals surface area contributed by atoms with Crippen molar-refractivity contribution in [3.8, 4) is 5.75 Å². The molecule has 202 valence electrons. The number of thiophene rings is 1. The Balaban J connectivity index is 2.07. The normalized spacial score (nSPS) is 12.1. The van der Waals surface area contributed by atoms with E-state index in [4.69, 9.17) is 4.74 Å². The first kappa shape index (κ1) is 28.9. The highest BCUT2D eigenvalue weighted by Gasteiger charge is 2.35. The molecule has 0 aliphatic heterocycles. The predicted molar refractivity (Wildman–Crippen MR) is 153 cm³/mol. The molecule has 2 aromatic carbocycles. The monoisotopic (exact) mass is 535 g/mol. The predicted octanol–water partition coefficient (Wildman–Crippen LogP) is 5.69. The van der Waals surface area contributed by atoms with Crippen LogP contribution in [0.2, 0.25) is 0 Å². The van der Waals surface area contributed by atoms with Crippen molar-refractivity contribution in [1.82, 2.24) is 10.6 Å². The van der Waals surface area contributed by atoms with E-state index in [0.29, 0.717) is 34.2 Å². The van der Waals surface area contributed by atoms with Crippen molar-refractivity contribution in [1.29, 1.82) is 0 Å².